The maximum Gasteiger partial charge on any atom is 0.337 e. The first-order valence-corrected chi connectivity index (χ1v) is 8.87. The van der Waals surface area contributed by atoms with Gasteiger partial charge in [-0.05, 0) is 36.8 Å². The van der Waals surface area contributed by atoms with E-state index in [9.17, 15) is 18.4 Å². The van der Waals surface area contributed by atoms with Crippen molar-refractivity contribution in [1.29, 1.82) is 0 Å². The normalized spacial score (nSPS) is 10.7. The molecule has 1 N–H and O–H groups in total. The highest BCUT2D eigenvalue weighted by Gasteiger charge is 2.19. The third kappa shape index (κ3) is 4.30. The number of hydrogen-bond acceptors (Lipinski definition) is 4. The first-order chi connectivity index (χ1) is 13.8. The Morgan fingerprint density at radius 2 is 1.93 bits per heavy atom. The molecular weight excluding hydrogens is 404 g/mol. The molecule has 0 aliphatic rings. The van der Waals surface area contributed by atoms with Gasteiger partial charge in [-0.15, -0.1) is 0 Å². The largest absolute Gasteiger partial charge is 0.486 e. The monoisotopic (exact) mass is 419 g/mol. The van der Waals surface area contributed by atoms with E-state index in [1.54, 1.807) is 31.2 Å². The van der Waals surface area contributed by atoms with Crippen molar-refractivity contribution in [3.05, 3.63) is 86.3 Å². The fourth-order valence-electron chi connectivity index (χ4n) is 2.86. The molecular formula is C21H16ClF2NO4. The quantitative estimate of drug-likeness (QED) is 0.611. The molecule has 1 aromatic heterocycles. The minimum Gasteiger partial charge on any atom is -0.486 e. The molecule has 2 aromatic carbocycles. The maximum atomic E-state index is 13.9. The molecule has 0 aliphatic carbocycles. The number of aryl methyl sites for hydroxylation is 1. The van der Waals surface area contributed by atoms with Crippen LogP contribution >= 0.6 is 11.6 Å². The van der Waals surface area contributed by atoms with Gasteiger partial charge in [-0.25, -0.2) is 13.6 Å². The van der Waals surface area contributed by atoms with E-state index in [2.05, 4.69) is 4.98 Å². The Morgan fingerprint density at radius 1 is 1.17 bits per heavy atom. The van der Waals surface area contributed by atoms with Gasteiger partial charge < -0.3 is 14.5 Å². The zero-order valence-corrected chi connectivity index (χ0v) is 16.3. The predicted octanol–water partition coefficient (Wildman–Crippen LogP) is 4.65. The number of aromatic nitrogens is 1. The van der Waals surface area contributed by atoms with E-state index in [4.69, 9.17) is 21.1 Å². The van der Waals surface area contributed by atoms with Crippen LogP contribution in [0.25, 0.3) is 11.1 Å². The number of ether oxygens (including phenoxy) is 2. The van der Waals surface area contributed by atoms with Gasteiger partial charge in [-0.2, -0.15) is 0 Å². The van der Waals surface area contributed by atoms with E-state index in [0.717, 1.165) is 12.1 Å². The summed E-state index contributed by atoms with van der Waals surface area (Å²) in [6, 6.07) is 9.58. The smallest absolute Gasteiger partial charge is 0.337 e. The standard InChI is InChI=1S/C21H16ClF2NO4/c1-11-17(12-4-3-5-13(8-12)21(27)28-2)19(18(22)20(26)25-11)29-10-14-6-7-15(23)9-16(14)24/h3-9H,10H2,1-2H3,(H,25,26). The minimum absolute atomic E-state index is 0.0265. The summed E-state index contributed by atoms with van der Waals surface area (Å²) in [7, 11) is 1.27. The second-order valence-electron chi connectivity index (χ2n) is 6.19. The second kappa shape index (κ2) is 8.45. The van der Waals surface area contributed by atoms with Gasteiger partial charge in [0, 0.05) is 22.9 Å². The highest BCUT2D eigenvalue weighted by Crippen LogP contribution is 2.37. The Labute approximate surface area is 169 Å². The summed E-state index contributed by atoms with van der Waals surface area (Å²) in [5, 5.41) is -0.225. The van der Waals surface area contributed by atoms with E-state index in [1.807, 2.05) is 0 Å². The van der Waals surface area contributed by atoms with Crippen LogP contribution in [0.3, 0.4) is 0 Å². The van der Waals surface area contributed by atoms with Gasteiger partial charge in [0.1, 0.15) is 23.3 Å². The molecule has 3 aromatic rings. The van der Waals surface area contributed by atoms with Crippen molar-refractivity contribution in [1.82, 2.24) is 4.98 Å². The minimum atomic E-state index is -0.781. The van der Waals surface area contributed by atoms with Crippen LogP contribution in [0.5, 0.6) is 5.75 Å². The predicted molar refractivity (Wildman–Crippen MR) is 104 cm³/mol. The van der Waals surface area contributed by atoms with Gasteiger partial charge in [-0.3, -0.25) is 4.79 Å². The fourth-order valence-corrected chi connectivity index (χ4v) is 3.06. The van der Waals surface area contributed by atoms with Crippen molar-refractivity contribution in [3.8, 4) is 16.9 Å². The summed E-state index contributed by atoms with van der Waals surface area (Å²) in [5.41, 5.74) is 1.22. The molecule has 5 nitrogen and oxygen atoms in total. The number of carbonyl (C=O) groups excluding carboxylic acids is 1. The summed E-state index contributed by atoms with van der Waals surface area (Å²) >= 11 is 6.17. The molecule has 0 amide bonds. The molecule has 0 spiro atoms. The van der Waals surface area contributed by atoms with Crippen LogP contribution in [-0.2, 0) is 11.3 Å². The highest BCUT2D eigenvalue weighted by molar-refractivity contribution is 6.32. The average Bonchev–Trinajstić information content (AvgIpc) is 2.70. The van der Waals surface area contributed by atoms with Crippen molar-refractivity contribution in [2.75, 3.05) is 7.11 Å². The fraction of sp³-hybridized carbons (Fsp3) is 0.143. The van der Waals surface area contributed by atoms with Crippen LogP contribution < -0.4 is 10.3 Å². The highest BCUT2D eigenvalue weighted by atomic mass is 35.5. The van der Waals surface area contributed by atoms with Crippen molar-refractivity contribution in [3.63, 3.8) is 0 Å². The van der Waals surface area contributed by atoms with Gasteiger partial charge in [0.15, 0.2) is 5.75 Å². The number of methoxy groups -OCH3 is 1. The Hall–Kier alpha value is -3.19. The number of pyridine rings is 1. The Bertz CT molecular complexity index is 1140. The molecule has 0 radical (unpaired) electrons. The van der Waals surface area contributed by atoms with Gasteiger partial charge in [0.25, 0.3) is 5.56 Å². The zero-order valence-electron chi connectivity index (χ0n) is 15.5. The molecule has 0 bridgehead atoms. The number of carbonyl (C=O) groups is 1. The van der Waals surface area contributed by atoms with Crippen LogP contribution in [0, 0.1) is 18.6 Å². The van der Waals surface area contributed by atoms with Crippen LogP contribution in [0.2, 0.25) is 5.02 Å². The zero-order chi connectivity index (χ0) is 21.1. The molecule has 29 heavy (non-hydrogen) atoms. The number of H-pyrrole nitrogens is 1. The maximum absolute atomic E-state index is 13.9. The number of aromatic amines is 1. The Kier molecular flexibility index (Phi) is 5.98. The van der Waals surface area contributed by atoms with E-state index in [-0.39, 0.29) is 22.9 Å². The van der Waals surface area contributed by atoms with Gasteiger partial charge in [0.2, 0.25) is 0 Å². The van der Waals surface area contributed by atoms with Gasteiger partial charge >= 0.3 is 5.97 Å². The molecule has 0 atom stereocenters. The Morgan fingerprint density at radius 3 is 2.62 bits per heavy atom. The molecule has 8 heteroatoms. The number of hydrogen-bond donors (Lipinski definition) is 1. The first kappa shape index (κ1) is 20.5. The first-order valence-electron chi connectivity index (χ1n) is 8.49. The molecule has 0 saturated carbocycles. The summed E-state index contributed by atoms with van der Waals surface area (Å²) < 4.78 is 37.5. The van der Waals surface area contributed by atoms with E-state index < -0.39 is 23.2 Å². The Balaban J connectivity index is 2.08. The topological polar surface area (TPSA) is 68.4 Å². The van der Waals surface area contributed by atoms with Gasteiger partial charge in [0.05, 0.1) is 12.7 Å². The third-order valence-electron chi connectivity index (χ3n) is 4.26. The number of rotatable bonds is 5. The lowest BCUT2D eigenvalue weighted by Gasteiger charge is -2.16. The molecule has 150 valence electrons. The van der Waals surface area contributed by atoms with E-state index >= 15 is 0 Å². The summed E-state index contributed by atoms with van der Waals surface area (Å²) in [4.78, 5) is 26.6. The number of halogens is 3. The lowest BCUT2D eigenvalue weighted by atomic mass is 10.0. The SMILES string of the molecule is COC(=O)c1cccc(-c2c(C)[nH]c(=O)c(Cl)c2OCc2ccc(F)cc2F)c1. The van der Waals surface area contributed by atoms with Gasteiger partial charge in [-0.1, -0.05) is 23.7 Å². The molecule has 0 saturated heterocycles. The lowest BCUT2D eigenvalue weighted by Crippen LogP contribution is -2.13. The summed E-state index contributed by atoms with van der Waals surface area (Å²) in [6.07, 6.45) is 0. The molecule has 0 aliphatic heterocycles. The van der Waals surface area contributed by atoms with Crippen LogP contribution in [0.4, 0.5) is 8.78 Å². The summed E-state index contributed by atoms with van der Waals surface area (Å²) in [6.45, 7) is 1.36. The van der Waals surface area contributed by atoms with Crippen LogP contribution in [0.1, 0.15) is 21.6 Å². The van der Waals surface area contributed by atoms with Crippen molar-refractivity contribution < 1.29 is 23.0 Å². The van der Waals surface area contributed by atoms with Crippen molar-refractivity contribution in [2.45, 2.75) is 13.5 Å². The average molecular weight is 420 g/mol. The van der Waals surface area contributed by atoms with Crippen molar-refractivity contribution >= 4 is 17.6 Å². The molecule has 0 unspecified atom stereocenters. The third-order valence-corrected chi connectivity index (χ3v) is 4.60. The van der Waals surface area contributed by atoms with E-state index in [1.165, 1.54) is 13.2 Å². The molecule has 3 rings (SSSR count). The number of esters is 1. The molecule has 1 heterocycles. The molecule has 0 fully saturated rings. The van der Waals surface area contributed by atoms with Crippen LogP contribution in [-0.4, -0.2) is 18.1 Å². The lowest BCUT2D eigenvalue weighted by molar-refractivity contribution is 0.0600. The van der Waals surface area contributed by atoms with Crippen LogP contribution in [0.15, 0.2) is 47.3 Å². The second-order valence-corrected chi connectivity index (χ2v) is 6.57. The number of benzene rings is 2. The van der Waals surface area contributed by atoms with E-state index in [0.29, 0.717) is 22.4 Å². The van der Waals surface area contributed by atoms with Crippen molar-refractivity contribution in [2.24, 2.45) is 0 Å². The summed E-state index contributed by atoms with van der Waals surface area (Å²) in [5.74, 6) is -2.00. The number of nitrogens with one attached hydrogen (secondary N) is 1.